The molecule has 2 amide bonds. The quantitative estimate of drug-likeness (QED) is 0.534. The molecule has 3 rings (SSSR count). The number of amides is 2. The van der Waals surface area contributed by atoms with Crippen molar-refractivity contribution < 1.29 is 33.4 Å². The first-order valence-electron chi connectivity index (χ1n) is 12.7. The third-order valence-corrected chi connectivity index (χ3v) is 6.19. The van der Waals surface area contributed by atoms with Crippen LogP contribution in [0.3, 0.4) is 0 Å². The van der Waals surface area contributed by atoms with E-state index in [2.05, 4.69) is 10.3 Å². The molecule has 3 heterocycles. The maximum absolute atomic E-state index is 13.1. The number of esters is 1. The van der Waals surface area contributed by atoms with Crippen LogP contribution in [0, 0.1) is 11.8 Å². The molecule has 38 heavy (non-hydrogen) atoms. The highest BCUT2D eigenvalue weighted by Gasteiger charge is 2.33. The smallest absolute Gasteiger partial charge is 0.355 e. The first-order valence-corrected chi connectivity index (χ1v) is 12.7. The standard InChI is InChI=1S/C28H35N3O7/c1-17(2)26-19(4)9-10-24(34)29-11-5-7-18(3)13-20(32)14-21(33)15-25-30-22(16-37-25)27(35)31-12-6-8-23(31)28(36)38-26/h5,7-10,13,16-17,19-20,26,32H,6,11-12,14-15H2,1-4H3,(H,29,34)/b7-5?,10-9-,18-13?/t19?,20-,26?/m1/s1. The number of aromatic nitrogens is 1. The van der Waals surface area contributed by atoms with E-state index in [9.17, 15) is 24.3 Å². The highest BCUT2D eigenvalue weighted by atomic mass is 16.5. The van der Waals surface area contributed by atoms with E-state index in [0.29, 0.717) is 6.42 Å². The summed E-state index contributed by atoms with van der Waals surface area (Å²) >= 11 is 0. The number of nitrogens with one attached hydrogen (secondary N) is 1. The second-order valence-electron chi connectivity index (χ2n) is 9.84. The largest absolute Gasteiger partial charge is 0.457 e. The Morgan fingerprint density at radius 1 is 1.18 bits per heavy atom. The molecule has 0 aromatic carbocycles. The Balaban J connectivity index is 1.86. The summed E-state index contributed by atoms with van der Waals surface area (Å²) in [6.45, 7) is 8.00. The zero-order valence-electron chi connectivity index (χ0n) is 22.2. The highest BCUT2D eigenvalue weighted by molar-refractivity contribution is 6.00. The summed E-state index contributed by atoms with van der Waals surface area (Å²) < 4.78 is 11.1. The van der Waals surface area contributed by atoms with Crippen LogP contribution < -0.4 is 5.32 Å². The molecule has 3 atom stereocenters. The number of aliphatic hydroxyl groups excluding tert-OH is 1. The third-order valence-electron chi connectivity index (χ3n) is 6.19. The van der Waals surface area contributed by atoms with Crippen molar-refractivity contribution in [3.05, 3.63) is 65.6 Å². The summed E-state index contributed by atoms with van der Waals surface area (Å²) in [4.78, 5) is 56.3. The summed E-state index contributed by atoms with van der Waals surface area (Å²) in [5, 5.41) is 13.0. The Morgan fingerprint density at radius 3 is 2.68 bits per heavy atom. The molecule has 0 saturated carbocycles. The van der Waals surface area contributed by atoms with Crippen molar-refractivity contribution in [3.8, 4) is 0 Å². The lowest BCUT2D eigenvalue weighted by molar-refractivity contribution is -0.149. The molecule has 0 radical (unpaired) electrons. The van der Waals surface area contributed by atoms with Crippen LogP contribution in [-0.4, -0.2) is 63.9 Å². The topological polar surface area (TPSA) is 139 Å². The Labute approximate surface area is 222 Å². The molecular formula is C28H35N3O7. The minimum absolute atomic E-state index is 0.0315. The molecule has 2 aliphatic rings. The van der Waals surface area contributed by atoms with Crippen LogP contribution in [0.2, 0.25) is 0 Å². The van der Waals surface area contributed by atoms with Crippen molar-refractivity contribution in [1.29, 1.82) is 0 Å². The lowest BCUT2D eigenvalue weighted by Crippen LogP contribution is -2.36. The number of ether oxygens (including phenoxy) is 1. The van der Waals surface area contributed by atoms with Gasteiger partial charge in [0.1, 0.15) is 23.8 Å². The van der Waals surface area contributed by atoms with Crippen molar-refractivity contribution in [2.75, 3.05) is 13.1 Å². The molecule has 0 spiro atoms. The van der Waals surface area contributed by atoms with Crippen LogP contribution in [0.5, 0.6) is 0 Å². The summed E-state index contributed by atoms with van der Waals surface area (Å²) in [6.07, 6.45) is 9.48. The number of carbonyl (C=O) groups is 4. The van der Waals surface area contributed by atoms with Gasteiger partial charge in [-0.05, 0) is 25.3 Å². The van der Waals surface area contributed by atoms with Crippen molar-refractivity contribution in [2.24, 2.45) is 11.8 Å². The van der Waals surface area contributed by atoms with Gasteiger partial charge in [-0.15, -0.1) is 0 Å². The maximum atomic E-state index is 13.1. The number of carbonyl (C=O) groups excluding carboxylic acids is 4. The summed E-state index contributed by atoms with van der Waals surface area (Å²) in [6, 6.07) is 0. The fourth-order valence-corrected chi connectivity index (χ4v) is 4.33. The SMILES string of the molecule is CC1=C[C@@H](O)CC(=O)Cc2nc(co2)C(=O)N2CCC=C2C(=O)OC(C(C)C)C(C)/C=C\C(=O)NCC=C1. The number of rotatable bonds is 1. The van der Waals surface area contributed by atoms with E-state index in [1.54, 1.807) is 37.3 Å². The van der Waals surface area contributed by atoms with Crippen LogP contribution in [-0.2, 0) is 25.5 Å². The molecule has 0 fully saturated rings. The predicted molar refractivity (Wildman–Crippen MR) is 139 cm³/mol. The minimum Gasteiger partial charge on any atom is -0.457 e. The van der Waals surface area contributed by atoms with Crippen molar-refractivity contribution in [2.45, 2.75) is 59.2 Å². The zero-order chi connectivity index (χ0) is 27.8. The van der Waals surface area contributed by atoms with Gasteiger partial charge in [0.25, 0.3) is 5.91 Å². The number of oxazole rings is 1. The van der Waals surface area contributed by atoms with Crippen LogP contribution in [0.25, 0.3) is 0 Å². The van der Waals surface area contributed by atoms with Gasteiger partial charge in [0.15, 0.2) is 5.69 Å². The fourth-order valence-electron chi connectivity index (χ4n) is 4.33. The van der Waals surface area contributed by atoms with Gasteiger partial charge in [0.05, 0.1) is 12.5 Å². The van der Waals surface area contributed by atoms with Crippen molar-refractivity contribution >= 4 is 23.6 Å². The number of ketones is 1. The first-order chi connectivity index (χ1) is 18.0. The molecule has 0 aliphatic carbocycles. The second-order valence-corrected chi connectivity index (χ2v) is 9.84. The molecule has 2 N–H and O–H groups in total. The average molecular weight is 526 g/mol. The second kappa shape index (κ2) is 13.1. The molecule has 1 aromatic rings. The van der Waals surface area contributed by atoms with Gasteiger partial charge in [-0.3, -0.25) is 14.4 Å². The number of hydrogen-bond acceptors (Lipinski definition) is 8. The summed E-state index contributed by atoms with van der Waals surface area (Å²) in [5.74, 6) is -2.07. The number of aliphatic hydroxyl groups is 1. The van der Waals surface area contributed by atoms with Gasteiger partial charge < -0.3 is 24.5 Å². The van der Waals surface area contributed by atoms with Crippen molar-refractivity contribution in [1.82, 2.24) is 15.2 Å². The lowest BCUT2D eigenvalue weighted by atomic mass is 9.94. The number of nitrogens with zero attached hydrogens (tertiary/aromatic N) is 2. The highest BCUT2D eigenvalue weighted by Crippen LogP contribution is 2.24. The fraction of sp³-hybridized carbons (Fsp3) is 0.464. The van der Waals surface area contributed by atoms with Crippen LogP contribution in [0.4, 0.5) is 0 Å². The Hall–Kier alpha value is -3.79. The van der Waals surface area contributed by atoms with Gasteiger partial charge >= 0.3 is 5.97 Å². The average Bonchev–Trinajstić information content (AvgIpc) is 3.52. The number of cyclic esters (lactones) is 1. The summed E-state index contributed by atoms with van der Waals surface area (Å²) in [7, 11) is 0. The molecule has 10 heteroatoms. The molecule has 10 nitrogen and oxygen atoms in total. The predicted octanol–water partition coefficient (Wildman–Crippen LogP) is 2.66. The maximum Gasteiger partial charge on any atom is 0.355 e. The molecular weight excluding hydrogens is 490 g/mol. The van der Waals surface area contributed by atoms with Gasteiger partial charge in [-0.25, -0.2) is 9.78 Å². The Bertz CT molecular complexity index is 1170. The number of hydrogen-bond donors (Lipinski definition) is 2. The van der Waals surface area contributed by atoms with E-state index >= 15 is 0 Å². The Kier molecular flexibility index (Phi) is 9.95. The first kappa shape index (κ1) is 28.8. The van der Waals surface area contributed by atoms with E-state index in [-0.39, 0.29) is 66.7 Å². The number of allylic oxidation sites excluding steroid dienone is 2. The molecule has 2 bridgehead atoms. The van der Waals surface area contributed by atoms with Crippen molar-refractivity contribution in [3.63, 3.8) is 0 Å². The molecule has 2 unspecified atom stereocenters. The molecule has 0 saturated heterocycles. The van der Waals surface area contributed by atoms with Gasteiger partial charge in [-0.2, -0.15) is 0 Å². The normalized spacial score (nSPS) is 25.4. The third kappa shape index (κ3) is 7.85. The van der Waals surface area contributed by atoms with Crippen LogP contribution in [0.1, 0.15) is 56.9 Å². The van der Waals surface area contributed by atoms with Gasteiger partial charge in [0.2, 0.25) is 11.8 Å². The van der Waals surface area contributed by atoms with Crippen LogP contribution in [0.15, 0.2) is 58.4 Å². The molecule has 1 aromatic heterocycles. The lowest BCUT2D eigenvalue weighted by Gasteiger charge is -2.27. The van der Waals surface area contributed by atoms with E-state index in [1.165, 1.54) is 11.0 Å². The Morgan fingerprint density at radius 2 is 1.95 bits per heavy atom. The number of fused-ring (bicyclic) bond motifs is 3. The number of Topliss-reactive ketones (excluding diaryl/α,β-unsaturated/α-hetero) is 1. The van der Waals surface area contributed by atoms with Gasteiger partial charge in [-0.1, -0.05) is 56.7 Å². The zero-order valence-corrected chi connectivity index (χ0v) is 22.2. The molecule has 204 valence electrons. The molecule has 2 aliphatic heterocycles. The van der Waals surface area contributed by atoms with E-state index in [0.717, 1.165) is 11.8 Å². The van der Waals surface area contributed by atoms with E-state index in [1.807, 2.05) is 20.8 Å². The van der Waals surface area contributed by atoms with E-state index < -0.39 is 24.1 Å². The van der Waals surface area contributed by atoms with E-state index in [4.69, 9.17) is 9.15 Å². The summed E-state index contributed by atoms with van der Waals surface area (Å²) in [5.41, 5.74) is 0.809. The van der Waals surface area contributed by atoms with Crippen LogP contribution >= 0.6 is 0 Å². The van der Waals surface area contributed by atoms with Gasteiger partial charge in [0, 0.05) is 25.4 Å². The monoisotopic (exact) mass is 525 g/mol. The minimum atomic E-state index is -1.01.